The van der Waals surface area contributed by atoms with Gasteiger partial charge in [-0.2, -0.15) is 0 Å². The molecule has 2 aromatic carbocycles. The minimum Gasteiger partial charge on any atom is -0.325 e. The zero-order valence-electron chi connectivity index (χ0n) is 15.8. The summed E-state index contributed by atoms with van der Waals surface area (Å²) in [5.74, 6) is -0.852. The van der Waals surface area contributed by atoms with Crippen molar-refractivity contribution in [2.45, 2.75) is 18.7 Å². The Kier molecular flexibility index (Phi) is 6.26. The van der Waals surface area contributed by atoms with Gasteiger partial charge < -0.3 is 5.32 Å². The highest BCUT2D eigenvalue weighted by Gasteiger charge is 2.36. The van der Waals surface area contributed by atoms with E-state index in [-0.39, 0.29) is 6.54 Å². The van der Waals surface area contributed by atoms with Crippen LogP contribution < -0.4 is 5.32 Å². The maximum atomic E-state index is 12.6. The number of benzene rings is 2. The van der Waals surface area contributed by atoms with Crippen molar-refractivity contribution < 1.29 is 14.4 Å². The number of hydrogen-bond donors (Lipinski definition) is 1. The largest absolute Gasteiger partial charge is 0.325 e. The van der Waals surface area contributed by atoms with Gasteiger partial charge in [0.2, 0.25) is 5.91 Å². The molecule has 1 heterocycles. The molecular weight excluding hydrogens is 392 g/mol. The number of aryl methyl sites for hydroxylation is 2. The van der Waals surface area contributed by atoms with Crippen molar-refractivity contribution in [2.75, 3.05) is 18.1 Å². The summed E-state index contributed by atoms with van der Waals surface area (Å²) in [7, 11) is 0. The second kappa shape index (κ2) is 8.67. The summed E-state index contributed by atoms with van der Waals surface area (Å²) in [6.45, 7) is 3.64. The Bertz CT molecular complexity index is 968. The topological polar surface area (TPSA) is 66.5 Å². The summed E-state index contributed by atoms with van der Waals surface area (Å²) < 4.78 is 0. The molecule has 0 aromatic heterocycles. The number of carbonyl (C=O) groups excluding carboxylic acids is 3. The number of hydrogen-bond acceptors (Lipinski definition) is 5. The summed E-state index contributed by atoms with van der Waals surface area (Å²) in [5, 5.41) is 2.30. The van der Waals surface area contributed by atoms with E-state index in [9.17, 15) is 14.4 Å². The fourth-order valence-corrected chi connectivity index (χ4v) is 3.90. The Balaban J connectivity index is 1.68. The Morgan fingerprint density at radius 1 is 1.11 bits per heavy atom. The Morgan fingerprint density at radius 3 is 2.46 bits per heavy atom. The van der Waals surface area contributed by atoms with E-state index < -0.39 is 17.1 Å². The van der Waals surface area contributed by atoms with E-state index in [4.69, 9.17) is 0 Å². The van der Waals surface area contributed by atoms with Gasteiger partial charge in [0.25, 0.3) is 11.1 Å². The summed E-state index contributed by atoms with van der Waals surface area (Å²) in [4.78, 5) is 39.5. The van der Waals surface area contributed by atoms with Crippen molar-refractivity contribution in [3.05, 3.63) is 64.1 Å². The van der Waals surface area contributed by atoms with Gasteiger partial charge >= 0.3 is 0 Å². The molecule has 7 heteroatoms. The third-order valence-corrected chi connectivity index (χ3v) is 6.03. The molecule has 0 atom stereocenters. The molecular formula is C21H20N2O3S2. The van der Waals surface area contributed by atoms with Gasteiger partial charge in [0, 0.05) is 10.6 Å². The molecule has 3 amide bonds. The van der Waals surface area contributed by atoms with Crippen LogP contribution >= 0.6 is 23.5 Å². The minimum atomic E-state index is -0.445. The lowest BCUT2D eigenvalue weighted by molar-refractivity contribution is -0.127. The lowest BCUT2D eigenvalue weighted by Crippen LogP contribution is -2.36. The molecule has 0 unspecified atom stereocenters. The molecule has 1 saturated heterocycles. The van der Waals surface area contributed by atoms with Crippen LogP contribution in [0.5, 0.6) is 0 Å². The van der Waals surface area contributed by atoms with Crippen molar-refractivity contribution in [3.63, 3.8) is 0 Å². The van der Waals surface area contributed by atoms with Crippen LogP contribution in [0.3, 0.4) is 0 Å². The molecule has 0 spiro atoms. The number of imide groups is 1. The SMILES string of the molecule is CSc1ccc(C=C2SC(=O)N(CC(=O)Nc3ccc(C)c(C)c3)C2=O)cc1. The van der Waals surface area contributed by atoms with Crippen LogP contribution in [0.1, 0.15) is 16.7 Å². The van der Waals surface area contributed by atoms with Crippen molar-refractivity contribution in [1.82, 2.24) is 4.90 Å². The summed E-state index contributed by atoms with van der Waals surface area (Å²) >= 11 is 2.48. The fourth-order valence-electron chi connectivity index (χ4n) is 2.65. The van der Waals surface area contributed by atoms with E-state index >= 15 is 0 Å². The molecule has 0 radical (unpaired) electrons. The minimum absolute atomic E-state index is 0.305. The summed E-state index contributed by atoms with van der Waals surface area (Å²) in [6, 6.07) is 13.3. The van der Waals surface area contributed by atoms with Crippen molar-refractivity contribution >= 4 is 52.3 Å². The molecule has 144 valence electrons. The highest BCUT2D eigenvalue weighted by Crippen LogP contribution is 2.32. The van der Waals surface area contributed by atoms with Crippen molar-refractivity contribution in [1.29, 1.82) is 0 Å². The van der Waals surface area contributed by atoms with E-state index in [0.29, 0.717) is 10.6 Å². The van der Waals surface area contributed by atoms with Gasteiger partial charge in [-0.1, -0.05) is 18.2 Å². The molecule has 1 aliphatic rings. The number of nitrogens with one attached hydrogen (secondary N) is 1. The molecule has 1 N–H and O–H groups in total. The molecule has 1 aliphatic heterocycles. The van der Waals surface area contributed by atoms with E-state index in [2.05, 4.69) is 5.32 Å². The number of thioether (sulfide) groups is 2. The normalized spacial score (nSPS) is 15.4. The van der Waals surface area contributed by atoms with Crippen molar-refractivity contribution in [3.8, 4) is 0 Å². The molecule has 3 rings (SSSR count). The van der Waals surface area contributed by atoms with Crippen LogP contribution in [0.2, 0.25) is 0 Å². The number of carbonyl (C=O) groups is 3. The molecule has 0 saturated carbocycles. The lowest BCUT2D eigenvalue weighted by Gasteiger charge is -2.13. The molecule has 28 heavy (non-hydrogen) atoms. The summed E-state index contributed by atoms with van der Waals surface area (Å²) in [6.07, 6.45) is 3.67. The van der Waals surface area contributed by atoms with Gasteiger partial charge in [-0.3, -0.25) is 19.3 Å². The van der Waals surface area contributed by atoms with E-state index in [0.717, 1.165) is 38.2 Å². The highest BCUT2D eigenvalue weighted by atomic mass is 32.2. The predicted molar refractivity (Wildman–Crippen MR) is 115 cm³/mol. The second-order valence-corrected chi connectivity index (χ2v) is 8.26. The van der Waals surface area contributed by atoms with Gasteiger partial charge in [0.1, 0.15) is 6.54 Å². The van der Waals surface area contributed by atoms with Crippen LogP contribution in [0, 0.1) is 13.8 Å². The number of amides is 3. The smallest absolute Gasteiger partial charge is 0.294 e. The predicted octanol–water partition coefficient (Wildman–Crippen LogP) is 4.70. The Hall–Kier alpha value is -2.51. The number of rotatable bonds is 5. The first-order chi connectivity index (χ1) is 13.4. The maximum absolute atomic E-state index is 12.6. The van der Waals surface area contributed by atoms with Crippen molar-refractivity contribution in [2.24, 2.45) is 0 Å². The fraction of sp³-hybridized carbons (Fsp3) is 0.190. The van der Waals surface area contributed by atoms with Crippen LogP contribution in [-0.4, -0.2) is 34.8 Å². The second-order valence-electron chi connectivity index (χ2n) is 6.39. The van der Waals surface area contributed by atoms with Crippen LogP contribution in [0.15, 0.2) is 52.3 Å². The van der Waals surface area contributed by atoms with Crippen LogP contribution in [0.25, 0.3) is 6.08 Å². The lowest BCUT2D eigenvalue weighted by atomic mass is 10.1. The van der Waals surface area contributed by atoms with E-state index in [1.54, 1.807) is 23.9 Å². The first-order valence-electron chi connectivity index (χ1n) is 8.64. The Morgan fingerprint density at radius 2 is 1.82 bits per heavy atom. The quantitative estimate of drug-likeness (QED) is 0.570. The monoisotopic (exact) mass is 412 g/mol. The molecule has 0 bridgehead atoms. The van der Waals surface area contributed by atoms with Gasteiger partial charge in [-0.25, -0.2) is 0 Å². The standard InChI is InChI=1S/C21H20N2O3S2/c1-13-4-7-16(10-14(13)2)22-19(24)12-23-20(25)18(28-21(23)26)11-15-5-8-17(27-3)9-6-15/h4-11H,12H2,1-3H3,(H,22,24). The third-order valence-electron chi connectivity index (χ3n) is 4.38. The van der Waals surface area contributed by atoms with E-state index in [1.165, 1.54) is 0 Å². The van der Waals surface area contributed by atoms with Gasteiger partial charge in [-0.05, 0) is 78.9 Å². The molecule has 1 fully saturated rings. The Labute approximate surface area is 172 Å². The number of nitrogens with zero attached hydrogens (tertiary/aromatic N) is 1. The van der Waals surface area contributed by atoms with Crippen LogP contribution in [-0.2, 0) is 9.59 Å². The molecule has 0 aliphatic carbocycles. The third kappa shape index (κ3) is 4.66. The number of anilines is 1. The summed E-state index contributed by atoms with van der Waals surface area (Å²) in [5.41, 5.74) is 3.66. The zero-order chi connectivity index (χ0) is 20.3. The van der Waals surface area contributed by atoms with Crippen LogP contribution in [0.4, 0.5) is 10.5 Å². The van der Waals surface area contributed by atoms with E-state index in [1.807, 2.05) is 56.5 Å². The van der Waals surface area contributed by atoms with Gasteiger partial charge in [0.05, 0.1) is 4.91 Å². The van der Waals surface area contributed by atoms with Gasteiger partial charge in [-0.15, -0.1) is 11.8 Å². The first-order valence-corrected chi connectivity index (χ1v) is 10.7. The first kappa shape index (κ1) is 20.2. The van der Waals surface area contributed by atoms with Gasteiger partial charge in [0.15, 0.2) is 0 Å². The molecule has 2 aromatic rings. The average Bonchev–Trinajstić information content (AvgIpc) is 2.93. The molecule has 5 nitrogen and oxygen atoms in total. The average molecular weight is 413 g/mol. The highest BCUT2D eigenvalue weighted by molar-refractivity contribution is 8.18. The zero-order valence-corrected chi connectivity index (χ0v) is 17.4. The maximum Gasteiger partial charge on any atom is 0.294 e.